The minimum Gasteiger partial charge on any atom is -0.390 e. The number of aliphatic hydroxyl groups excluding tert-OH is 1. The van der Waals surface area contributed by atoms with E-state index in [0.29, 0.717) is 19.6 Å². The summed E-state index contributed by atoms with van der Waals surface area (Å²) in [5.41, 5.74) is 0.863. The fraction of sp³-hybridized carbons (Fsp3) is 0.500. The summed E-state index contributed by atoms with van der Waals surface area (Å²) in [5.74, 6) is -0.989. The molecule has 1 heterocycles. The van der Waals surface area contributed by atoms with E-state index < -0.39 is 40.7 Å². The number of halogens is 1. The van der Waals surface area contributed by atoms with Gasteiger partial charge in [0.1, 0.15) is 6.61 Å². The van der Waals surface area contributed by atoms with Gasteiger partial charge in [0.2, 0.25) is 15.9 Å². The minimum atomic E-state index is -4.00. The molecule has 0 saturated carbocycles. The maximum atomic E-state index is 13.3. The lowest BCUT2D eigenvalue weighted by molar-refractivity contribution is -0.129. The molecule has 2 aromatic rings. The Labute approximate surface area is 212 Å². The van der Waals surface area contributed by atoms with Gasteiger partial charge in [0.05, 0.1) is 36.4 Å². The highest BCUT2D eigenvalue weighted by Gasteiger charge is 2.32. The number of ether oxygens (including phenoxy) is 2. The number of sulfonamides is 1. The molecule has 0 aliphatic carbocycles. The molecule has 0 aromatic heterocycles. The van der Waals surface area contributed by atoms with Crippen LogP contribution in [0.1, 0.15) is 18.9 Å². The van der Waals surface area contributed by atoms with Crippen LogP contribution in [0.5, 0.6) is 0 Å². The molecule has 0 radical (unpaired) electrons. The molecule has 3 rings (SSSR count). The van der Waals surface area contributed by atoms with Crippen LogP contribution in [0.2, 0.25) is 0 Å². The normalized spacial score (nSPS) is 18.6. The van der Waals surface area contributed by atoms with Gasteiger partial charge >= 0.3 is 0 Å². The third-order valence-corrected chi connectivity index (χ3v) is 7.84. The quantitative estimate of drug-likeness (QED) is 0.394. The fourth-order valence-corrected chi connectivity index (χ4v) is 5.58. The lowest BCUT2D eigenvalue weighted by Crippen LogP contribution is -2.52. The summed E-state index contributed by atoms with van der Waals surface area (Å²) >= 11 is 0. The van der Waals surface area contributed by atoms with Gasteiger partial charge in [-0.25, -0.2) is 8.42 Å². The molecule has 1 amide bonds. The van der Waals surface area contributed by atoms with E-state index in [2.05, 4.69) is 5.32 Å². The molecule has 36 heavy (non-hydrogen) atoms. The topological polar surface area (TPSA) is 105 Å². The summed E-state index contributed by atoms with van der Waals surface area (Å²) in [7, 11) is -4.00. The number of carbonyl (C=O) groups is 1. The highest BCUT2D eigenvalue weighted by molar-refractivity contribution is 7.89. The molecular formula is C26H35FN2O6S. The second kappa shape index (κ2) is 13.8. The number of benzene rings is 2. The van der Waals surface area contributed by atoms with Gasteiger partial charge in [0.25, 0.3) is 0 Å². The number of alkyl halides is 1. The van der Waals surface area contributed by atoms with Crippen LogP contribution in [-0.2, 0) is 30.7 Å². The van der Waals surface area contributed by atoms with Gasteiger partial charge in [-0.05, 0) is 36.5 Å². The lowest BCUT2D eigenvalue weighted by Gasteiger charge is -2.31. The van der Waals surface area contributed by atoms with E-state index in [-0.39, 0.29) is 37.1 Å². The molecule has 0 bridgehead atoms. The maximum Gasteiger partial charge on any atom is 0.246 e. The number of aliphatic hydroxyl groups is 1. The Kier molecular flexibility index (Phi) is 10.8. The predicted molar refractivity (Wildman–Crippen MR) is 134 cm³/mol. The first-order chi connectivity index (χ1) is 17.3. The van der Waals surface area contributed by atoms with Crippen molar-refractivity contribution in [3.8, 4) is 0 Å². The number of rotatable bonds is 14. The van der Waals surface area contributed by atoms with Gasteiger partial charge in [-0.15, -0.1) is 0 Å². The molecule has 1 saturated heterocycles. The van der Waals surface area contributed by atoms with Crippen molar-refractivity contribution in [3.05, 3.63) is 66.2 Å². The second-order valence-corrected chi connectivity index (χ2v) is 11.1. The Morgan fingerprint density at radius 1 is 1.17 bits per heavy atom. The van der Waals surface area contributed by atoms with Crippen LogP contribution in [-0.4, -0.2) is 81.6 Å². The maximum absolute atomic E-state index is 13.3. The zero-order valence-electron chi connectivity index (χ0n) is 20.5. The van der Waals surface area contributed by atoms with Gasteiger partial charge in [-0.3, -0.25) is 9.18 Å². The molecular weight excluding hydrogens is 487 g/mol. The predicted octanol–water partition coefficient (Wildman–Crippen LogP) is 2.18. The summed E-state index contributed by atoms with van der Waals surface area (Å²) in [6, 6.07) is 16.3. The van der Waals surface area contributed by atoms with Gasteiger partial charge < -0.3 is 19.9 Å². The molecule has 0 spiro atoms. The standard InChI is InChI=1S/C26H35FN2O6S/c1-20(15-27)16-29(36(32,33)23-10-6-3-7-11-23)17-25(30)24(14-21-8-4-2-5-9-21)28-26(31)19-35-22-12-13-34-18-22/h2-11,20,22,24-25,30H,12-19H2,1H3,(H,28,31)/t20?,22-,24-,25+/m0/s1. The molecule has 1 unspecified atom stereocenters. The van der Waals surface area contributed by atoms with Crippen LogP contribution in [0.3, 0.4) is 0 Å². The minimum absolute atomic E-state index is 0.0547. The molecule has 2 aromatic carbocycles. The second-order valence-electron chi connectivity index (χ2n) is 9.12. The van der Waals surface area contributed by atoms with E-state index in [1.54, 1.807) is 25.1 Å². The third kappa shape index (κ3) is 8.35. The Morgan fingerprint density at radius 2 is 1.83 bits per heavy atom. The summed E-state index contributed by atoms with van der Waals surface area (Å²) in [6.45, 7) is 1.30. The Balaban J connectivity index is 1.77. The van der Waals surface area contributed by atoms with Crippen LogP contribution in [0.4, 0.5) is 4.39 Å². The van der Waals surface area contributed by atoms with E-state index in [0.717, 1.165) is 9.87 Å². The van der Waals surface area contributed by atoms with Crippen molar-refractivity contribution in [1.29, 1.82) is 0 Å². The molecule has 1 aliphatic heterocycles. The number of amides is 1. The largest absolute Gasteiger partial charge is 0.390 e. The van der Waals surface area contributed by atoms with Crippen LogP contribution in [0.15, 0.2) is 65.6 Å². The van der Waals surface area contributed by atoms with Crippen LogP contribution in [0.25, 0.3) is 0 Å². The van der Waals surface area contributed by atoms with Gasteiger partial charge in [-0.1, -0.05) is 55.5 Å². The number of nitrogens with zero attached hydrogens (tertiary/aromatic N) is 1. The molecule has 4 atom stereocenters. The van der Waals surface area contributed by atoms with Gasteiger partial charge in [-0.2, -0.15) is 4.31 Å². The SMILES string of the molecule is CC(CF)CN(C[C@@H](O)[C@H](Cc1ccccc1)NC(=O)CO[C@H]1CCOC1)S(=O)(=O)c1ccccc1. The van der Waals surface area contributed by atoms with Crippen molar-refractivity contribution in [3.63, 3.8) is 0 Å². The highest BCUT2D eigenvalue weighted by atomic mass is 32.2. The average molecular weight is 523 g/mol. The molecule has 10 heteroatoms. The summed E-state index contributed by atoms with van der Waals surface area (Å²) in [6.07, 6.45) is -0.420. The molecule has 8 nitrogen and oxygen atoms in total. The summed E-state index contributed by atoms with van der Waals surface area (Å²) < 4.78 is 52.0. The number of carbonyl (C=O) groups excluding carboxylic acids is 1. The van der Waals surface area contributed by atoms with Crippen LogP contribution >= 0.6 is 0 Å². The van der Waals surface area contributed by atoms with E-state index in [4.69, 9.17) is 9.47 Å². The average Bonchev–Trinajstić information content (AvgIpc) is 3.41. The van der Waals surface area contributed by atoms with Crippen molar-refractivity contribution in [1.82, 2.24) is 9.62 Å². The Bertz CT molecular complexity index is 1030. The van der Waals surface area contributed by atoms with Crippen molar-refractivity contribution < 1.29 is 32.2 Å². The van der Waals surface area contributed by atoms with Crippen LogP contribution < -0.4 is 5.32 Å². The van der Waals surface area contributed by atoms with Crippen molar-refractivity contribution in [2.45, 2.75) is 42.9 Å². The number of hydrogen-bond donors (Lipinski definition) is 2. The molecule has 1 aliphatic rings. The first-order valence-corrected chi connectivity index (χ1v) is 13.6. The van der Waals surface area contributed by atoms with Gasteiger partial charge in [0.15, 0.2) is 0 Å². The third-order valence-electron chi connectivity index (χ3n) is 6.00. The number of nitrogens with one attached hydrogen (secondary N) is 1. The van der Waals surface area contributed by atoms with E-state index >= 15 is 0 Å². The van der Waals surface area contributed by atoms with E-state index in [1.807, 2.05) is 30.3 Å². The van der Waals surface area contributed by atoms with E-state index in [1.165, 1.54) is 12.1 Å². The molecule has 2 N–H and O–H groups in total. The van der Waals surface area contributed by atoms with E-state index in [9.17, 15) is 22.7 Å². The molecule has 1 fully saturated rings. The summed E-state index contributed by atoms with van der Waals surface area (Å²) in [5, 5.41) is 14.0. The first-order valence-electron chi connectivity index (χ1n) is 12.1. The van der Waals surface area contributed by atoms with Crippen molar-refractivity contribution in [2.24, 2.45) is 5.92 Å². The highest BCUT2D eigenvalue weighted by Crippen LogP contribution is 2.19. The fourth-order valence-electron chi connectivity index (χ4n) is 3.98. The lowest BCUT2D eigenvalue weighted by atomic mass is 10.0. The van der Waals surface area contributed by atoms with Crippen molar-refractivity contribution in [2.75, 3.05) is 39.6 Å². The summed E-state index contributed by atoms with van der Waals surface area (Å²) in [4.78, 5) is 12.7. The van der Waals surface area contributed by atoms with Gasteiger partial charge in [0, 0.05) is 19.7 Å². The zero-order chi connectivity index (χ0) is 26.0. The zero-order valence-corrected chi connectivity index (χ0v) is 21.3. The van der Waals surface area contributed by atoms with Crippen molar-refractivity contribution >= 4 is 15.9 Å². The number of hydrogen-bond acceptors (Lipinski definition) is 6. The Hall–Kier alpha value is -2.37. The van der Waals surface area contributed by atoms with Crippen LogP contribution in [0, 0.1) is 5.92 Å². The smallest absolute Gasteiger partial charge is 0.246 e. The molecule has 198 valence electrons. The Morgan fingerprint density at radius 3 is 2.44 bits per heavy atom. The first kappa shape index (κ1) is 28.2. The monoisotopic (exact) mass is 522 g/mol.